The normalized spacial score (nSPS) is 10.2. The Hall–Kier alpha value is -0.310. The molecule has 0 radical (unpaired) electrons. The molecule has 0 unspecified atom stereocenters. The van der Waals surface area contributed by atoms with E-state index in [2.05, 4.69) is 0 Å². The van der Waals surface area contributed by atoms with E-state index >= 15 is 0 Å². The van der Waals surface area contributed by atoms with Crippen LogP contribution in [0, 0.1) is 5.82 Å². The summed E-state index contributed by atoms with van der Waals surface area (Å²) in [6.07, 6.45) is 0. The molecule has 0 aliphatic carbocycles. The molecule has 0 aromatic heterocycles. The van der Waals surface area contributed by atoms with Gasteiger partial charge in [0.1, 0.15) is 11.9 Å². The van der Waals surface area contributed by atoms with Crippen LogP contribution in [-0.2, 0) is 11.3 Å². The van der Waals surface area contributed by atoms with Gasteiger partial charge in [0, 0.05) is 0 Å². The number of benzene rings is 1. The Balaban J connectivity index is 2.69. The predicted octanol–water partition coefficient (Wildman–Crippen LogP) is 3.19. The summed E-state index contributed by atoms with van der Waals surface area (Å²) in [4.78, 5) is 0. The summed E-state index contributed by atoms with van der Waals surface area (Å²) in [5, 5.41) is 0.115. The van der Waals surface area contributed by atoms with Crippen molar-refractivity contribution in [3.8, 4) is 0 Å². The van der Waals surface area contributed by atoms with E-state index in [4.69, 9.17) is 27.9 Å². The molecule has 0 atom stereocenters. The lowest BCUT2D eigenvalue weighted by Gasteiger charge is -2.01. The van der Waals surface area contributed by atoms with Crippen LogP contribution in [0.25, 0.3) is 0 Å². The Kier molecular flexibility index (Phi) is 3.79. The zero-order valence-electron chi connectivity index (χ0n) is 6.19. The topological polar surface area (TPSA) is 9.23 Å². The first-order chi connectivity index (χ1) is 5.74. The van der Waals surface area contributed by atoms with E-state index in [9.17, 15) is 4.39 Å². The molecule has 4 heteroatoms. The lowest BCUT2D eigenvalue weighted by Crippen LogP contribution is -1.91. The van der Waals surface area contributed by atoms with Crippen molar-refractivity contribution in [2.24, 2.45) is 0 Å². The largest absolute Gasteiger partial charge is 0.361 e. The van der Waals surface area contributed by atoms with Crippen LogP contribution < -0.4 is 0 Å². The lowest BCUT2D eigenvalue weighted by atomic mass is 10.2. The van der Waals surface area contributed by atoms with E-state index < -0.39 is 5.82 Å². The van der Waals surface area contributed by atoms with Gasteiger partial charge in [-0.15, -0.1) is 0 Å². The van der Waals surface area contributed by atoms with E-state index in [1.54, 1.807) is 6.07 Å². The van der Waals surface area contributed by atoms with Gasteiger partial charge in [-0.2, -0.15) is 0 Å². The first kappa shape index (κ1) is 9.78. The van der Waals surface area contributed by atoms with Crippen molar-refractivity contribution in [1.29, 1.82) is 0 Å². The van der Waals surface area contributed by atoms with Crippen molar-refractivity contribution < 1.29 is 9.13 Å². The summed E-state index contributed by atoms with van der Waals surface area (Å²) >= 11 is 10.8. The van der Waals surface area contributed by atoms with Gasteiger partial charge in [0.25, 0.3) is 0 Å². The summed E-state index contributed by atoms with van der Waals surface area (Å²) in [6, 6.07) is 4.61. The molecule has 0 N–H and O–H groups in total. The van der Waals surface area contributed by atoms with E-state index in [1.165, 1.54) is 12.1 Å². The highest BCUT2D eigenvalue weighted by Crippen LogP contribution is 2.15. The molecule has 12 heavy (non-hydrogen) atoms. The van der Waals surface area contributed by atoms with Gasteiger partial charge >= 0.3 is 0 Å². The molecule has 0 aliphatic heterocycles. The minimum absolute atomic E-state index is 0.101. The molecule has 0 heterocycles. The molecule has 0 amide bonds. The molecule has 0 fully saturated rings. The maximum atomic E-state index is 12.8. The van der Waals surface area contributed by atoms with Gasteiger partial charge in [-0.25, -0.2) is 4.39 Å². The van der Waals surface area contributed by atoms with Crippen molar-refractivity contribution in [2.75, 3.05) is 6.07 Å². The maximum Gasteiger partial charge on any atom is 0.142 e. The summed E-state index contributed by atoms with van der Waals surface area (Å²) < 4.78 is 17.7. The molecule has 0 bridgehead atoms. The summed E-state index contributed by atoms with van der Waals surface area (Å²) in [6.45, 7) is 0.303. The van der Waals surface area contributed by atoms with Gasteiger partial charge in [0.05, 0.1) is 11.6 Å². The minimum atomic E-state index is -0.438. The zero-order chi connectivity index (χ0) is 8.97. The third-order valence-corrected chi connectivity index (χ3v) is 1.79. The van der Waals surface area contributed by atoms with Crippen LogP contribution in [0.1, 0.15) is 5.56 Å². The number of halogens is 3. The van der Waals surface area contributed by atoms with Crippen molar-refractivity contribution in [2.45, 2.75) is 6.61 Å². The highest BCUT2D eigenvalue weighted by molar-refractivity contribution is 6.30. The van der Waals surface area contributed by atoms with Gasteiger partial charge in [-0.3, -0.25) is 0 Å². The third kappa shape index (κ3) is 2.63. The molecule has 0 saturated heterocycles. The van der Waals surface area contributed by atoms with Gasteiger partial charge in [-0.1, -0.05) is 29.3 Å². The van der Waals surface area contributed by atoms with E-state index in [-0.39, 0.29) is 11.1 Å². The van der Waals surface area contributed by atoms with Crippen molar-refractivity contribution in [3.63, 3.8) is 0 Å². The van der Waals surface area contributed by atoms with Crippen LogP contribution in [0.5, 0.6) is 0 Å². The van der Waals surface area contributed by atoms with Crippen LogP contribution in [0.4, 0.5) is 4.39 Å². The Morgan fingerprint density at radius 2 is 2.17 bits per heavy atom. The molecular weight excluding hydrogens is 202 g/mol. The predicted molar refractivity (Wildman–Crippen MR) is 46.9 cm³/mol. The maximum absolute atomic E-state index is 12.8. The van der Waals surface area contributed by atoms with Gasteiger partial charge < -0.3 is 4.74 Å². The molecule has 1 rings (SSSR count). The van der Waals surface area contributed by atoms with Crippen LogP contribution in [0.3, 0.4) is 0 Å². The standard InChI is InChI=1S/C8H7Cl2FO/c9-5-12-4-6-1-2-7(10)8(11)3-6/h1-3H,4-5H2. The second kappa shape index (κ2) is 4.65. The van der Waals surface area contributed by atoms with Crippen LogP contribution in [-0.4, -0.2) is 6.07 Å². The quantitative estimate of drug-likeness (QED) is 0.694. The molecular formula is C8H7Cl2FO. The van der Waals surface area contributed by atoms with Crippen LogP contribution in [0.2, 0.25) is 5.02 Å². The fourth-order valence-electron chi connectivity index (χ4n) is 0.786. The second-order valence-electron chi connectivity index (χ2n) is 2.21. The second-order valence-corrected chi connectivity index (χ2v) is 2.83. The third-order valence-electron chi connectivity index (χ3n) is 1.33. The first-order valence-corrected chi connectivity index (χ1v) is 4.23. The zero-order valence-corrected chi connectivity index (χ0v) is 7.70. The number of alkyl halides is 1. The number of hydrogen-bond donors (Lipinski definition) is 0. The molecule has 0 saturated carbocycles. The van der Waals surface area contributed by atoms with Crippen molar-refractivity contribution in [3.05, 3.63) is 34.6 Å². The number of hydrogen-bond acceptors (Lipinski definition) is 1. The molecule has 1 aromatic rings. The Labute approximate surface area is 80.0 Å². The molecule has 0 spiro atoms. The monoisotopic (exact) mass is 208 g/mol. The fourth-order valence-corrected chi connectivity index (χ4v) is 0.981. The summed E-state index contributed by atoms with van der Waals surface area (Å²) in [5.41, 5.74) is 0.720. The van der Waals surface area contributed by atoms with E-state index in [0.29, 0.717) is 6.61 Å². The Morgan fingerprint density at radius 1 is 1.42 bits per heavy atom. The summed E-state index contributed by atoms with van der Waals surface area (Å²) in [5.74, 6) is -0.438. The van der Waals surface area contributed by atoms with E-state index in [1.807, 2.05) is 0 Å². The highest BCUT2D eigenvalue weighted by Gasteiger charge is 2.00. The van der Waals surface area contributed by atoms with Crippen molar-refractivity contribution in [1.82, 2.24) is 0 Å². The molecule has 1 aromatic carbocycles. The smallest absolute Gasteiger partial charge is 0.142 e. The van der Waals surface area contributed by atoms with Gasteiger partial charge in [-0.05, 0) is 17.7 Å². The van der Waals surface area contributed by atoms with Crippen LogP contribution in [0.15, 0.2) is 18.2 Å². The number of ether oxygens (including phenoxy) is 1. The van der Waals surface area contributed by atoms with Gasteiger partial charge in [0.2, 0.25) is 0 Å². The van der Waals surface area contributed by atoms with E-state index in [0.717, 1.165) is 5.56 Å². The Morgan fingerprint density at radius 3 is 2.75 bits per heavy atom. The highest BCUT2D eigenvalue weighted by atomic mass is 35.5. The molecule has 0 aliphatic rings. The summed E-state index contributed by atoms with van der Waals surface area (Å²) in [7, 11) is 0. The van der Waals surface area contributed by atoms with Gasteiger partial charge in [0.15, 0.2) is 0 Å². The van der Waals surface area contributed by atoms with Crippen LogP contribution >= 0.6 is 23.2 Å². The minimum Gasteiger partial charge on any atom is -0.361 e. The lowest BCUT2D eigenvalue weighted by molar-refractivity contribution is 0.165. The molecule has 66 valence electrons. The average Bonchev–Trinajstić information content (AvgIpc) is 2.07. The average molecular weight is 209 g/mol. The first-order valence-electron chi connectivity index (χ1n) is 3.31. The fraction of sp³-hybridized carbons (Fsp3) is 0.250. The SMILES string of the molecule is Fc1cc(COCCl)ccc1Cl. The Bertz CT molecular complexity index is 265. The molecule has 1 nitrogen and oxygen atoms in total. The van der Waals surface area contributed by atoms with Crippen molar-refractivity contribution >= 4 is 23.2 Å². The number of rotatable bonds is 3.